The fourth-order valence-corrected chi connectivity index (χ4v) is 2.67. The third-order valence-corrected chi connectivity index (χ3v) is 4.30. The van der Waals surface area contributed by atoms with Gasteiger partial charge in [-0.15, -0.1) is 0 Å². The van der Waals surface area contributed by atoms with Crippen molar-refractivity contribution >= 4 is 23.4 Å². The first kappa shape index (κ1) is 19.4. The maximum atomic E-state index is 12.3. The number of carbonyl (C=O) groups is 1. The quantitative estimate of drug-likeness (QED) is 0.447. The number of furan rings is 1. The summed E-state index contributed by atoms with van der Waals surface area (Å²) in [5.41, 5.74) is 0.0858. The van der Waals surface area contributed by atoms with Crippen molar-refractivity contribution in [2.75, 3.05) is 0 Å². The van der Waals surface area contributed by atoms with Gasteiger partial charge in [-0.3, -0.25) is 14.9 Å². The molecule has 0 saturated heterocycles. The van der Waals surface area contributed by atoms with Gasteiger partial charge in [-0.05, 0) is 61.9 Å². The van der Waals surface area contributed by atoms with E-state index in [1.54, 1.807) is 36.4 Å². The molecule has 0 bridgehead atoms. The molecule has 7 nitrogen and oxygen atoms in total. The van der Waals surface area contributed by atoms with Crippen molar-refractivity contribution in [3.05, 3.63) is 87.1 Å². The summed E-state index contributed by atoms with van der Waals surface area (Å²) < 4.78 is 10.7. The van der Waals surface area contributed by atoms with Crippen LogP contribution in [0.3, 0.4) is 0 Å². The number of hydrogen-bond donors (Lipinski definition) is 1. The van der Waals surface area contributed by atoms with Crippen molar-refractivity contribution in [3.63, 3.8) is 0 Å². The molecular weight excluding hydrogens is 384 g/mol. The molecule has 0 unspecified atom stereocenters. The lowest BCUT2D eigenvalue weighted by Gasteiger charge is -2.26. The standard InChI is InChI=1S/C20H17ClN2O5/c1-20(2,22-19(24)17-11-12-18(28-17)23(25)26)13-3-7-15(8-4-13)27-16-9-5-14(21)6-10-16/h3-12H,1-2H3,(H,22,24). The molecule has 1 amide bonds. The van der Waals surface area contributed by atoms with Gasteiger partial charge in [0.2, 0.25) is 0 Å². The second-order valence-electron chi connectivity index (χ2n) is 6.55. The highest BCUT2D eigenvalue weighted by Gasteiger charge is 2.26. The largest absolute Gasteiger partial charge is 0.457 e. The van der Waals surface area contributed by atoms with E-state index in [0.29, 0.717) is 16.5 Å². The van der Waals surface area contributed by atoms with Gasteiger partial charge in [-0.1, -0.05) is 23.7 Å². The number of amides is 1. The van der Waals surface area contributed by atoms with Crippen LogP contribution < -0.4 is 10.1 Å². The molecule has 0 aliphatic rings. The summed E-state index contributed by atoms with van der Waals surface area (Å²) >= 11 is 5.86. The third kappa shape index (κ3) is 4.50. The van der Waals surface area contributed by atoms with E-state index in [4.69, 9.17) is 20.8 Å². The van der Waals surface area contributed by atoms with Crippen LogP contribution in [0.5, 0.6) is 11.5 Å². The number of ether oxygens (including phenoxy) is 1. The molecule has 1 N–H and O–H groups in total. The summed E-state index contributed by atoms with van der Waals surface area (Å²) in [6.07, 6.45) is 0. The van der Waals surface area contributed by atoms with Gasteiger partial charge in [0.1, 0.15) is 16.4 Å². The van der Waals surface area contributed by atoms with Crippen molar-refractivity contribution in [1.82, 2.24) is 5.32 Å². The molecule has 28 heavy (non-hydrogen) atoms. The monoisotopic (exact) mass is 400 g/mol. The van der Waals surface area contributed by atoms with Gasteiger partial charge in [0.05, 0.1) is 11.6 Å². The molecule has 0 aliphatic heterocycles. The van der Waals surface area contributed by atoms with Crippen LogP contribution in [0, 0.1) is 10.1 Å². The van der Waals surface area contributed by atoms with E-state index >= 15 is 0 Å². The summed E-state index contributed by atoms with van der Waals surface area (Å²) in [6, 6.07) is 16.7. The number of halogens is 1. The first-order valence-corrected chi connectivity index (χ1v) is 8.73. The van der Waals surface area contributed by atoms with Crippen LogP contribution in [0.15, 0.2) is 65.1 Å². The molecule has 1 aromatic heterocycles. The maximum Gasteiger partial charge on any atom is 0.433 e. The molecule has 144 valence electrons. The van der Waals surface area contributed by atoms with Crippen molar-refractivity contribution in [2.24, 2.45) is 0 Å². The average molecular weight is 401 g/mol. The molecule has 3 aromatic rings. The van der Waals surface area contributed by atoms with Crippen LogP contribution in [0.25, 0.3) is 0 Å². The van der Waals surface area contributed by atoms with Crippen LogP contribution in [-0.4, -0.2) is 10.8 Å². The Labute approximate surface area is 166 Å². The van der Waals surface area contributed by atoms with Gasteiger partial charge in [0, 0.05) is 5.02 Å². The molecule has 8 heteroatoms. The summed E-state index contributed by atoms with van der Waals surface area (Å²) in [5, 5.41) is 14.1. The number of hydrogen-bond acceptors (Lipinski definition) is 5. The van der Waals surface area contributed by atoms with Crippen molar-refractivity contribution in [1.29, 1.82) is 0 Å². The Hall–Kier alpha value is -3.32. The molecule has 0 atom stereocenters. The summed E-state index contributed by atoms with van der Waals surface area (Å²) in [5.74, 6) is 0.146. The van der Waals surface area contributed by atoms with E-state index in [0.717, 1.165) is 11.6 Å². The molecule has 0 aliphatic carbocycles. The normalized spacial score (nSPS) is 11.1. The van der Waals surface area contributed by atoms with E-state index < -0.39 is 22.3 Å². The zero-order chi connectivity index (χ0) is 20.3. The maximum absolute atomic E-state index is 12.3. The predicted octanol–water partition coefficient (Wildman–Crippen LogP) is 5.30. The molecule has 0 spiro atoms. The summed E-state index contributed by atoms with van der Waals surface area (Å²) in [7, 11) is 0. The van der Waals surface area contributed by atoms with Crippen molar-refractivity contribution in [3.8, 4) is 11.5 Å². The minimum absolute atomic E-state index is 0.123. The number of nitro groups is 1. The number of carbonyl (C=O) groups excluding carboxylic acids is 1. The topological polar surface area (TPSA) is 94.6 Å². The van der Waals surface area contributed by atoms with Crippen LogP contribution in [0.2, 0.25) is 5.02 Å². The number of nitrogens with zero attached hydrogens (tertiary/aromatic N) is 1. The second-order valence-corrected chi connectivity index (χ2v) is 6.99. The lowest BCUT2D eigenvalue weighted by Crippen LogP contribution is -2.40. The van der Waals surface area contributed by atoms with Gasteiger partial charge in [-0.2, -0.15) is 0 Å². The number of benzene rings is 2. The molecule has 1 heterocycles. The lowest BCUT2D eigenvalue weighted by atomic mass is 9.94. The van der Waals surface area contributed by atoms with Crippen LogP contribution in [0.1, 0.15) is 30.0 Å². The van der Waals surface area contributed by atoms with Gasteiger partial charge in [-0.25, -0.2) is 0 Å². The van der Waals surface area contributed by atoms with E-state index in [2.05, 4.69) is 5.32 Å². The molecule has 3 rings (SSSR count). The van der Waals surface area contributed by atoms with Crippen LogP contribution >= 0.6 is 11.6 Å². The Kier molecular flexibility index (Phi) is 5.37. The highest BCUT2D eigenvalue weighted by Crippen LogP contribution is 2.27. The minimum Gasteiger partial charge on any atom is -0.457 e. The van der Waals surface area contributed by atoms with E-state index in [1.807, 2.05) is 26.0 Å². The van der Waals surface area contributed by atoms with Gasteiger partial charge in [0.25, 0.3) is 5.91 Å². The highest BCUT2D eigenvalue weighted by molar-refractivity contribution is 6.30. The van der Waals surface area contributed by atoms with Crippen molar-refractivity contribution in [2.45, 2.75) is 19.4 Å². The van der Waals surface area contributed by atoms with Crippen molar-refractivity contribution < 1.29 is 18.9 Å². The Bertz CT molecular complexity index is 994. The van der Waals surface area contributed by atoms with Gasteiger partial charge < -0.3 is 14.5 Å². The van der Waals surface area contributed by atoms with E-state index in [9.17, 15) is 14.9 Å². The van der Waals surface area contributed by atoms with Gasteiger partial charge >= 0.3 is 5.88 Å². The van der Waals surface area contributed by atoms with E-state index in [1.165, 1.54) is 6.07 Å². The Morgan fingerprint density at radius 1 is 1.04 bits per heavy atom. The lowest BCUT2D eigenvalue weighted by molar-refractivity contribution is -0.402. The first-order valence-electron chi connectivity index (χ1n) is 8.35. The fraction of sp³-hybridized carbons (Fsp3) is 0.150. The van der Waals surface area contributed by atoms with Crippen LogP contribution in [0.4, 0.5) is 5.88 Å². The predicted molar refractivity (Wildman–Crippen MR) is 104 cm³/mol. The second kappa shape index (κ2) is 7.74. The minimum atomic E-state index is -0.739. The van der Waals surface area contributed by atoms with E-state index in [-0.39, 0.29) is 5.76 Å². The third-order valence-electron chi connectivity index (χ3n) is 4.05. The fourth-order valence-electron chi connectivity index (χ4n) is 2.54. The highest BCUT2D eigenvalue weighted by atomic mass is 35.5. The molecule has 0 radical (unpaired) electrons. The molecular formula is C20H17ClN2O5. The molecule has 0 saturated carbocycles. The summed E-state index contributed by atoms with van der Waals surface area (Å²) in [4.78, 5) is 22.3. The first-order chi connectivity index (χ1) is 13.2. The molecule has 2 aromatic carbocycles. The average Bonchev–Trinajstić information content (AvgIpc) is 3.14. The summed E-state index contributed by atoms with van der Waals surface area (Å²) in [6.45, 7) is 3.63. The number of nitrogens with one attached hydrogen (secondary N) is 1. The Morgan fingerprint density at radius 3 is 2.14 bits per heavy atom. The smallest absolute Gasteiger partial charge is 0.433 e. The zero-order valence-electron chi connectivity index (χ0n) is 15.1. The Balaban J connectivity index is 1.69. The van der Waals surface area contributed by atoms with Gasteiger partial charge in [0.15, 0.2) is 5.76 Å². The SMILES string of the molecule is CC(C)(NC(=O)c1ccc([N+](=O)[O-])o1)c1ccc(Oc2ccc(Cl)cc2)cc1. The molecule has 0 fully saturated rings. The number of rotatable bonds is 6. The zero-order valence-corrected chi connectivity index (χ0v) is 15.9. The van der Waals surface area contributed by atoms with Crippen LogP contribution in [-0.2, 0) is 5.54 Å². The Morgan fingerprint density at radius 2 is 1.61 bits per heavy atom.